The lowest BCUT2D eigenvalue weighted by atomic mass is 10.2. The van der Waals surface area contributed by atoms with E-state index in [1.165, 1.54) is 29.5 Å². The molecule has 3 aromatic rings. The molecule has 0 saturated heterocycles. The van der Waals surface area contributed by atoms with E-state index < -0.39 is 10.0 Å². The van der Waals surface area contributed by atoms with E-state index in [2.05, 4.69) is 15.5 Å². The number of thiophene rings is 1. The maximum absolute atomic E-state index is 12.0. The molecule has 2 aromatic heterocycles. The molecular formula is C15H14N4O4S2. The van der Waals surface area contributed by atoms with Crippen LogP contribution in [0.4, 0.5) is 5.69 Å². The number of nitrogens with zero attached hydrogens (tertiary/aromatic N) is 2. The van der Waals surface area contributed by atoms with Crippen molar-refractivity contribution in [3.05, 3.63) is 47.0 Å². The van der Waals surface area contributed by atoms with Crippen LogP contribution in [0.5, 0.6) is 0 Å². The summed E-state index contributed by atoms with van der Waals surface area (Å²) in [5, 5.41) is 15.4. The van der Waals surface area contributed by atoms with Gasteiger partial charge in [-0.15, -0.1) is 0 Å². The minimum Gasteiger partial charge on any atom is -0.339 e. The van der Waals surface area contributed by atoms with E-state index in [0.717, 1.165) is 5.56 Å². The number of anilines is 1. The molecule has 0 bridgehead atoms. The summed E-state index contributed by atoms with van der Waals surface area (Å²) in [6, 6.07) is 7.61. The number of carbonyl (C=O) groups is 1. The second kappa shape index (κ2) is 7.13. The Balaban J connectivity index is 1.58. The highest BCUT2D eigenvalue weighted by molar-refractivity contribution is 7.89. The van der Waals surface area contributed by atoms with E-state index in [1.54, 1.807) is 6.07 Å². The molecule has 10 heteroatoms. The number of benzene rings is 1. The van der Waals surface area contributed by atoms with Gasteiger partial charge in [0, 0.05) is 29.5 Å². The van der Waals surface area contributed by atoms with Crippen molar-refractivity contribution in [3.8, 4) is 11.4 Å². The lowest BCUT2D eigenvalue weighted by Crippen LogP contribution is -2.15. The summed E-state index contributed by atoms with van der Waals surface area (Å²) >= 11 is 1.53. The second-order valence-corrected chi connectivity index (χ2v) is 7.49. The number of aryl methyl sites for hydroxylation is 1. The number of hydrogen-bond acceptors (Lipinski definition) is 7. The van der Waals surface area contributed by atoms with Crippen LogP contribution in [-0.4, -0.2) is 24.5 Å². The van der Waals surface area contributed by atoms with Crippen molar-refractivity contribution >= 4 is 33.0 Å². The van der Waals surface area contributed by atoms with Crippen molar-refractivity contribution in [1.82, 2.24) is 10.1 Å². The van der Waals surface area contributed by atoms with Gasteiger partial charge in [0.25, 0.3) is 0 Å². The zero-order chi connectivity index (χ0) is 17.9. The third kappa shape index (κ3) is 4.50. The molecule has 0 aliphatic carbocycles. The third-order valence-corrected chi connectivity index (χ3v) is 4.85. The highest BCUT2D eigenvalue weighted by Gasteiger charge is 2.12. The average Bonchev–Trinajstić information content (AvgIpc) is 3.24. The number of hydrogen-bond donors (Lipinski definition) is 2. The predicted octanol–water partition coefficient (Wildman–Crippen LogP) is 2.02. The molecule has 0 aliphatic heterocycles. The van der Waals surface area contributed by atoms with Crippen molar-refractivity contribution in [1.29, 1.82) is 0 Å². The summed E-state index contributed by atoms with van der Waals surface area (Å²) in [5.74, 6) is 0.536. The number of amides is 1. The molecule has 8 nitrogen and oxygen atoms in total. The van der Waals surface area contributed by atoms with Gasteiger partial charge < -0.3 is 9.84 Å². The van der Waals surface area contributed by atoms with Crippen LogP contribution in [-0.2, 0) is 21.2 Å². The second-order valence-electron chi connectivity index (χ2n) is 5.14. The van der Waals surface area contributed by atoms with E-state index in [9.17, 15) is 13.2 Å². The molecule has 1 aromatic carbocycles. The van der Waals surface area contributed by atoms with Gasteiger partial charge in [-0.25, -0.2) is 13.6 Å². The van der Waals surface area contributed by atoms with E-state index in [0.29, 0.717) is 17.4 Å². The molecule has 1 amide bonds. The fourth-order valence-corrected chi connectivity index (χ4v) is 3.25. The third-order valence-electron chi connectivity index (χ3n) is 3.26. The number of nitrogens with one attached hydrogen (secondary N) is 1. The summed E-state index contributed by atoms with van der Waals surface area (Å²) < 4.78 is 27.8. The van der Waals surface area contributed by atoms with Gasteiger partial charge >= 0.3 is 0 Å². The van der Waals surface area contributed by atoms with Gasteiger partial charge in [-0.05, 0) is 29.6 Å². The summed E-state index contributed by atoms with van der Waals surface area (Å²) in [5.41, 5.74) is 1.21. The lowest BCUT2D eigenvalue weighted by Gasteiger charge is -2.05. The molecule has 0 radical (unpaired) electrons. The first-order chi connectivity index (χ1) is 11.9. The maximum Gasteiger partial charge on any atom is 0.238 e. The minimum absolute atomic E-state index is 0.0670. The van der Waals surface area contributed by atoms with Gasteiger partial charge in [-0.2, -0.15) is 16.3 Å². The van der Waals surface area contributed by atoms with Crippen LogP contribution < -0.4 is 10.5 Å². The molecule has 0 saturated carbocycles. The van der Waals surface area contributed by atoms with E-state index in [4.69, 9.17) is 9.66 Å². The first kappa shape index (κ1) is 17.3. The van der Waals surface area contributed by atoms with Gasteiger partial charge in [-0.1, -0.05) is 11.2 Å². The summed E-state index contributed by atoms with van der Waals surface area (Å²) in [6.45, 7) is 0. The Morgan fingerprint density at radius 1 is 1.32 bits per heavy atom. The maximum atomic E-state index is 12.0. The van der Waals surface area contributed by atoms with Crippen LogP contribution in [0.25, 0.3) is 11.4 Å². The van der Waals surface area contributed by atoms with Crippen LogP contribution in [0.1, 0.15) is 12.3 Å². The quantitative estimate of drug-likeness (QED) is 0.675. The van der Waals surface area contributed by atoms with Crippen LogP contribution in [0, 0.1) is 0 Å². The summed E-state index contributed by atoms with van der Waals surface area (Å²) in [7, 11) is -3.82. The smallest absolute Gasteiger partial charge is 0.238 e. The van der Waals surface area contributed by atoms with E-state index in [1.807, 2.05) is 16.8 Å². The van der Waals surface area contributed by atoms with Crippen molar-refractivity contribution < 1.29 is 17.7 Å². The number of aromatic nitrogens is 2. The highest BCUT2D eigenvalue weighted by atomic mass is 32.2. The highest BCUT2D eigenvalue weighted by Crippen LogP contribution is 2.19. The van der Waals surface area contributed by atoms with Crippen molar-refractivity contribution in [2.45, 2.75) is 17.7 Å². The summed E-state index contributed by atoms with van der Waals surface area (Å²) in [4.78, 5) is 16.2. The Bertz CT molecular complexity index is 981. The molecule has 25 heavy (non-hydrogen) atoms. The normalized spacial score (nSPS) is 11.4. The Kier molecular flexibility index (Phi) is 4.93. The zero-order valence-electron chi connectivity index (χ0n) is 12.9. The summed E-state index contributed by atoms with van der Waals surface area (Å²) in [6.07, 6.45) is 0.392. The molecule has 3 rings (SSSR count). The largest absolute Gasteiger partial charge is 0.339 e. The Morgan fingerprint density at radius 2 is 2.16 bits per heavy atom. The Hall–Kier alpha value is -2.56. The molecular weight excluding hydrogens is 364 g/mol. The average molecular weight is 378 g/mol. The number of rotatable bonds is 6. The Morgan fingerprint density at radius 3 is 2.88 bits per heavy atom. The van der Waals surface area contributed by atoms with Crippen LogP contribution >= 0.6 is 11.3 Å². The van der Waals surface area contributed by atoms with Crippen molar-refractivity contribution in [3.63, 3.8) is 0 Å². The zero-order valence-corrected chi connectivity index (χ0v) is 14.5. The number of sulfonamides is 1. The van der Waals surface area contributed by atoms with Crippen LogP contribution in [0.2, 0.25) is 0 Å². The molecule has 0 aliphatic rings. The fourth-order valence-electron chi connectivity index (χ4n) is 2.06. The standard InChI is InChI=1S/C15H14N4O4S2/c16-25(21,22)12-3-1-2-11(8-12)17-13(20)4-5-14-18-15(19-23-14)10-6-7-24-9-10/h1-3,6-9H,4-5H2,(H,17,20)(H2,16,21,22). The number of nitrogens with two attached hydrogens (primary N) is 1. The predicted molar refractivity (Wildman–Crippen MR) is 92.4 cm³/mol. The first-order valence-electron chi connectivity index (χ1n) is 7.20. The lowest BCUT2D eigenvalue weighted by molar-refractivity contribution is -0.116. The molecule has 0 atom stereocenters. The molecule has 0 spiro atoms. The SMILES string of the molecule is NS(=O)(=O)c1cccc(NC(=O)CCc2nc(-c3ccsc3)no2)c1. The fraction of sp³-hybridized carbons (Fsp3) is 0.133. The van der Waals surface area contributed by atoms with Gasteiger partial charge in [0.05, 0.1) is 4.90 Å². The van der Waals surface area contributed by atoms with Crippen molar-refractivity contribution in [2.24, 2.45) is 5.14 Å². The van der Waals surface area contributed by atoms with Crippen LogP contribution in [0.15, 0.2) is 50.5 Å². The number of primary sulfonamides is 1. The molecule has 0 unspecified atom stereocenters. The monoisotopic (exact) mass is 378 g/mol. The van der Waals surface area contributed by atoms with Gasteiger partial charge in [0.15, 0.2) is 0 Å². The Labute approximate surface area is 147 Å². The van der Waals surface area contributed by atoms with Gasteiger partial charge in [-0.3, -0.25) is 4.79 Å². The topological polar surface area (TPSA) is 128 Å². The van der Waals surface area contributed by atoms with Crippen molar-refractivity contribution in [2.75, 3.05) is 5.32 Å². The van der Waals surface area contributed by atoms with Crippen LogP contribution in [0.3, 0.4) is 0 Å². The molecule has 3 N–H and O–H groups in total. The molecule has 2 heterocycles. The minimum atomic E-state index is -3.82. The number of carbonyl (C=O) groups excluding carboxylic acids is 1. The van der Waals surface area contributed by atoms with E-state index >= 15 is 0 Å². The molecule has 130 valence electrons. The molecule has 0 fully saturated rings. The van der Waals surface area contributed by atoms with E-state index in [-0.39, 0.29) is 23.6 Å². The van der Waals surface area contributed by atoms with Gasteiger partial charge in [0.1, 0.15) is 0 Å². The first-order valence-corrected chi connectivity index (χ1v) is 9.68. The van der Waals surface area contributed by atoms with Gasteiger partial charge in [0.2, 0.25) is 27.6 Å².